The van der Waals surface area contributed by atoms with Crippen LogP contribution in [0.4, 0.5) is 4.39 Å². The Balaban J connectivity index is 2.96. The fraction of sp³-hybridized carbons (Fsp3) is 0.222. The molecule has 4 heteroatoms. The second-order valence-corrected chi connectivity index (χ2v) is 3.49. The molecule has 0 amide bonds. The molecule has 68 valence electrons. The minimum atomic E-state index is -0.361. The Morgan fingerprint density at radius 3 is 2.85 bits per heavy atom. The largest absolute Gasteiger partial charge is 0.323 e. The zero-order chi connectivity index (χ0) is 9.84. The molecule has 1 aromatic rings. The number of nitrogens with zero attached hydrogens (tertiary/aromatic N) is 1. The van der Waals surface area contributed by atoms with Gasteiger partial charge >= 0.3 is 0 Å². The summed E-state index contributed by atoms with van der Waals surface area (Å²) in [6.45, 7) is 0. The van der Waals surface area contributed by atoms with Gasteiger partial charge in [-0.25, -0.2) is 4.39 Å². The molecule has 0 radical (unpaired) electrons. The standard InChI is InChI=1S/C9H8BrFN2/c10-8-5-6(11)1-2-7(8)9(13)3-4-12/h1-2,5,9H,3,13H2/t9-/m1/s1. The van der Waals surface area contributed by atoms with E-state index in [0.29, 0.717) is 4.47 Å². The molecule has 0 aliphatic heterocycles. The molecule has 0 aromatic heterocycles. The van der Waals surface area contributed by atoms with E-state index < -0.39 is 0 Å². The van der Waals surface area contributed by atoms with Crippen LogP contribution in [0.2, 0.25) is 0 Å². The first-order chi connectivity index (χ1) is 6.15. The molecule has 0 heterocycles. The Morgan fingerprint density at radius 2 is 2.31 bits per heavy atom. The van der Waals surface area contributed by atoms with Gasteiger partial charge in [-0.3, -0.25) is 0 Å². The number of nitrogens with two attached hydrogens (primary N) is 1. The second-order valence-electron chi connectivity index (χ2n) is 2.63. The lowest BCUT2D eigenvalue weighted by molar-refractivity contribution is 0.623. The van der Waals surface area contributed by atoms with Crippen molar-refractivity contribution in [2.24, 2.45) is 5.73 Å². The number of rotatable bonds is 2. The first-order valence-corrected chi connectivity index (χ1v) is 4.52. The van der Waals surface area contributed by atoms with Gasteiger partial charge < -0.3 is 5.73 Å². The molecule has 0 bridgehead atoms. The molecule has 1 rings (SSSR count). The molecule has 0 fully saturated rings. The van der Waals surface area contributed by atoms with Crippen molar-refractivity contribution in [1.82, 2.24) is 0 Å². The highest BCUT2D eigenvalue weighted by Crippen LogP contribution is 2.24. The third-order valence-corrected chi connectivity index (χ3v) is 2.36. The molecule has 0 unspecified atom stereocenters. The molecule has 2 N–H and O–H groups in total. The molecule has 1 atom stereocenters. The lowest BCUT2D eigenvalue weighted by atomic mass is 10.1. The Kier molecular flexibility index (Phi) is 3.40. The molecule has 0 saturated heterocycles. The van der Waals surface area contributed by atoms with Crippen LogP contribution in [0.25, 0.3) is 0 Å². The summed E-state index contributed by atoms with van der Waals surface area (Å²) in [4.78, 5) is 0. The highest BCUT2D eigenvalue weighted by Gasteiger charge is 2.09. The van der Waals surface area contributed by atoms with Crippen LogP contribution >= 0.6 is 15.9 Å². The van der Waals surface area contributed by atoms with Gasteiger partial charge in [0.05, 0.1) is 12.5 Å². The van der Waals surface area contributed by atoms with Gasteiger partial charge in [-0.05, 0) is 17.7 Å². The Bertz CT molecular complexity index is 346. The lowest BCUT2D eigenvalue weighted by Crippen LogP contribution is -2.09. The van der Waals surface area contributed by atoms with Gasteiger partial charge in [-0.2, -0.15) is 5.26 Å². The van der Waals surface area contributed by atoms with Crippen molar-refractivity contribution in [3.05, 3.63) is 34.1 Å². The molecular weight excluding hydrogens is 235 g/mol. The van der Waals surface area contributed by atoms with E-state index >= 15 is 0 Å². The van der Waals surface area contributed by atoms with E-state index in [9.17, 15) is 4.39 Å². The van der Waals surface area contributed by atoms with Gasteiger partial charge in [-0.15, -0.1) is 0 Å². The van der Waals surface area contributed by atoms with Crippen LogP contribution < -0.4 is 5.73 Å². The Hall–Kier alpha value is -0.920. The van der Waals surface area contributed by atoms with E-state index in [-0.39, 0.29) is 18.3 Å². The minimum absolute atomic E-state index is 0.226. The molecule has 0 aliphatic rings. The highest BCUT2D eigenvalue weighted by atomic mass is 79.9. The van der Waals surface area contributed by atoms with Gasteiger partial charge in [0.15, 0.2) is 0 Å². The lowest BCUT2D eigenvalue weighted by Gasteiger charge is -2.09. The zero-order valence-corrected chi connectivity index (χ0v) is 8.38. The van der Waals surface area contributed by atoms with Crippen molar-refractivity contribution in [3.63, 3.8) is 0 Å². The van der Waals surface area contributed by atoms with Crippen LogP contribution in [0.5, 0.6) is 0 Å². The monoisotopic (exact) mass is 242 g/mol. The van der Waals surface area contributed by atoms with Crippen molar-refractivity contribution in [2.75, 3.05) is 0 Å². The van der Waals surface area contributed by atoms with Gasteiger partial charge in [0.1, 0.15) is 5.82 Å². The topological polar surface area (TPSA) is 49.8 Å². The molecule has 13 heavy (non-hydrogen) atoms. The van der Waals surface area contributed by atoms with E-state index in [0.717, 1.165) is 5.56 Å². The number of hydrogen-bond acceptors (Lipinski definition) is 2. The van der Waals surface area contributed by atoms with E-state index in [1.54, 1.807) is 6.07 Å². The maximum Gasteiger partial charge on any atom is 0.124 e. The van der Waals surface area contributed by atoms with Crippen molar-refractivity contribution in [3.8, 4) is 6.07 Å². The van der Waals surface area contributed by atoms with Crippen molar-refractivity contribution >= 4 is 15.9 Å². The smallest absolute Gasteiger partial charge is 0.124 e. The summed E-state index contributed by atoms with van der Waals surface area (Å²) < 4.78 is 13.3. The van der Waals surface area contributed by atoms with Crippen LogP contribution in [0.1, 0.15) is 18.0 Å². The van der Waals surface area contributed by atoms with Crippen LogP contribution in [-0.4, -0.2) is 0 Å². The summed E-state index contributed by atoms with van der Waals surface area (Å²) in [7, 11) is 0. The van der Waals surface area contributed by atoms with E-state index in [1.807, 2.05) is 6.07 Å². The SMILES string of the molecule is N#CC[C@@H](N)c1ccc(F)cc1Br. The van der Waals surface area contributed by atoms with Crippen LogP contribution in [-0.2, 0) is 0 Å². The Morgan fingerprint density at radius 1 is 1.62 bits per heavy atom. The van der Waals surface area contributed by atoms with Gasteiger partial charge in [0.2, 0.25) is 0 Å². The summed E-state index contributed by atoms with van der Waals surface area (Å²) in [5.74, 6) is -0.320. The quantitative estimate of drug-likeness (QED) is 0.867. The van der Waals surface area contributed by atoms with Crippen molar-refractivity contribution in [1.29, 1.82) is 5.26 Å². The van der Waals surface area contributed by atoms with E-state index in [4.69, 9.17) is 11.0 Å². The summed E-state index contributed by atoms with van der Waals surface area (Å²) in [5.41, 5.74) is 6.43. The molecule has 2 nitrogen and oxygen atoms in total. The Labute approximate surface area is 84.3 Å². The van der Waals surface area contributed by atoms with Crippen LogP contribution in [0.3, 0.4) is 0 Å². The first-order valence-electron chi connectivity index (χ1n) is 3.72. The molecule has 1 aromatic carbocycles. The number of halogens is 2. The summed E-state index contributed by atoms with van der Waals surface area (Å²) >= 11 is 3.19. The summed E-state index contributed by atoms with van der Waals surface area (Å²) in [6, 6.07) is 5.86. The number of nitriles is 1. The molecule has 0 aliphatic carbocycles. The van der Waals surface area contributed by atoms with E-state index in [1.165, 1.54) is 12.1 Å². The van der Waals surface area contributed by atoms with Crippen LogP contribution in [0, 0.1) is 17.1 Å². The molecular formula is C9H8BrFN2. The molecule has 0 spiro atoms. The summed E-state index contributed by atoms with van der Waals surface area (Å²) in [6.07, 6.45) is 0.226. The second kappa shape index (κ2) is 4.35. The predicted octanol–water partition coefficient (Wildman–Crippen LogP) is 2.50. The van der Waals surface area contributed by atoms with Crippen LogP contribution in [0.15, 0.2) is 22.7 Å². The predicted molar refractivity (Wildman–Crippen MR) is 51.3 cm³/mol. The maximum absolute atomic E-state index is 12.7. The minimum Gasteiger partial charge on any atom is -0.323 e. The average Bonchev–Trinajstić information content (AvgIpc) is 2.04. The van der Waals surface area contributed by atoms with Gasteiger partial charge in [-0.1, -0.05) is 22.0 Å². The number of hydrogen-bond donors (Lipinski definition) is 1. The first kappa shape index (κ1) is 10.2. The summed E-state index contributed by atoms with van der Waals surface area (Å²) in [5, 5.41) is 8.42. The van der Waals surface area contributed by atoms with Crippen molar-refractivity contribution < 1.29 is 4.39 Å². The van der Waals surface area contributed by atoms with Crippen molar-refractivity contribution in [2.45, 2.75) is 12.5 Å². The third kappa shape index (κ3) is 2.51. The maximum atomic E-state index is 12.7. The van der Waals surface area contributed by atoms with E-state index in [2.05, 4.69) is 15.9 Å². The van der Waals surface area contributed by atoms with Gasteiger partial charge in [0, 0.05) is 10.5 Å². The average molecular weight is 243 g/mol. The number of benzene rings is 1. The van der Waals surface area contributed by atoms with Gasteiger partial charge in [0.25, 0.3) is 0 Å². The molecule has 0 saturated carbocycles. The zero-order valence-electron chi connectivity index (χ0n) is 6.80. The highest BCUT2D eigenvalue weighted by molar-refractivity contribution is 9.10. The fourth-order valence-electron chi connectivity index (χ4n) is 1.01. The normalized spacial score (nSPS) is 12.2. The fourth-order valence-corrected chi connectivity index (χ4v) is 1.66. The third-order valence-electron chi connectivity index (χ3n) is 1.67.